The highest BCUT2D eigenvalue weighted by molar-refractivity contribution is 6.31. The molecule has 0 bridgehead atoms. The van der Waals surface area contributed by atoms with Gasteiger partial charge in [0.15, 0.2) is 0 Å². The molecule has 0 saturated carbocycles. The second-order valence-electron chi connectivity index (χ2n) is 5.90. The number of anilines is 1. The maximum Gasteiger partial charge on any atom is 0.224 e. The van der Waals surface area contributed by atoms with Gasteiger partial charge in [-0.3, -0.25) is 14.4 Å². The minimum absolute atomic E-state index is 0.0261. The third-order valence-corrected chi connectivity index (χ3v) is 4.51. The van der Waals surface area contributed by atoms with Crippen molar-refractivity contribution < 1.29 is 14.4 Å². The van der Waals surface area contributed by atoms with Crippen molar-refractivity contribution >= 4 is 35.0 Å². The Morgan fingerprint density at radius 3 is 2.29 bits per heavy atom. The van der Waals surface area contributed by atoms with Crippen LogP contribution in [-0.4, -0.2) is 53.7 Å². The van der Waals surface area contributed by atoms with Gasteiger partial charge in [0.2, 0.25) is 17.7 Å². The average molecular weight is 352 g/mol. The molecule has 0 atom stereocenters. The van der Waals surface area contributed by atoms with Crippen LogP contribution in [0.2, 0.25) is 5.02 Å². The summed E-state index contributed by atoms with van der Waals surface area (Å²) < 4.78 is 0. The van der Waals surface area contributed by atoms with Gasteiger partial charge in [0.25, 0.3) is 0 Å². The van der Waals surface area contributed by atoms with Crippen molar-refractivity contribution in [1.82, 2.24) is 9.80 Å². The summed E-state index contributed by atoms with van der Waals surface area (Å²) in [6, 6.07) is 5.30. The van der Waals surface area contributed by atoms with E-state index in [1.807, 2.05) is 13.0 Å². The lowest BCUT2D eigenvalue weighted by Crippen LogP contribution is -2.50. The summed E-state index contributed by atoms with van der Waals surface area (Å²) >= 11 is 6.02. The first-order valence-electron chi connectivity index (χ1n) is 7.96. The van der Waals surface area contributed by atoms with Crippen LogP contribution in [0.15, 0.2) is 18.2 Å². The molecule has 0 aliphatic carbocycles. The lowest BCUT2D eigenvalue weighted by molar-refractivity contribution is -0.138. The van der Waals surface area contributed by atoms with Gasteiger partial charge in [-0.15, -0.1) is 0 Å². The molecule has 1 aromatic carbocycles. The standard InChI is InChI=1S/C17H22ClN3O3/c1-12-3-4-14(11-15(12)18)19-16(23)5-6-17(24)21-9-7-20(8-10-21)13(2)22/h3-4,11H,5-10H2,1-2H3,(H,19,23). The van der Waals surface area contributed by atoms with Crippen molar-refractivity contribution in [3.63, 3.8) is 0 Å². The van der Waals surface area contributed by atoms with Crippen molar-refractivity contribution in [2.75, 3.05) is 31.5 Å². The predicted octanol–water partition coefficient (Wildman–Crippen LogP) is 2.06. The molecular formula is C17H22ClN3O3. The Bertz CT molecular complexity index is 640. The molecule has 7 heteroatoms. The molecule has 24 heavy (non-hydrogen) atoms. The van der Waals surface area contributed by atoms with Crippen molar-refractivity contribution in [3.05, 3.63) is 28.8 Å². The molecule has 1 aromatic rings. The van der Waals surface area contributed by atoms with E-state index in [1.165, 1.54) is 6.92 Å². The fourth-order valence-electron chi connectivity index (χ4n) is 2.54. The topological polar surface area (TPSA) is 69.7 Å². The smallest absolute Gasteiger partial charge is 0.224 e. The molecule has 1 N–H and O–H groups in total. The Kier molecular flexibility index (Phi) is 6.20. The Labute approximate surface area is 146 Å². The lowest BCUT2D eigenvalue weighted by atomic mass is 10.2. The highest BCUT2D eigenvalue weighted by Crippen LogP contribution is 2.20. The zero-order chi connectivity index (χ0) is 17.7. The largest absolute Gasteiger partial charge is 0.339 e. The Morgan fingerprint density at radius 1 is 1.08 bits per heavy atom. The summed E-state index contributed by atoms with van der Waals surface area (Å²) in [7, 11) is 0. The van der Waals surface area contributed by atoms with Crippen molar-refractivity contribution in [1.29, 1.82) is 0 Å². The molecule has 0 radical (unpaired) electrons. The van der Waals surface area contributed by atoms with Gasteiger partial charge in [0, 0.05) is 56.7 Å². The maximum absolute atomic E-state index is 12.2. The summed E-state index contributed by atoms with van der Waals surface area (Å²) in [5, 5.41) is 3.33. The normalized spacial score (nSPS) is 14.5. The zero-order valence-electron chi connectivity index (χ0n) is 14.0. The second-order valence-corrected chi connectivity index (χ2v) is 6.31. The molecule has 3 amide bonds. The number of benzene rings is 1. The van der Waals surface area contributed by atoms with E-state index < -0.39 is 0 Å². The monoisotopic (exact) mass is 351 g/mol. The molecular weight excluding hydrogens is 330 g/mol. The van der Waals surface area contributed by atoms with Crippen LogP contribution in [0.3, 0.4) is 0 Å². The average Bonchev–Trinajstić information content (AvgIpc) is 2.56. The molecule has 1 saturated heterocycles. The highest BCUT2D eigenvalue weighted by Gasteiger charge is 2.22. The number of aryl methyl sites for hydroxylation is 1. The van der Waals surface area contributed by atoms with E-state index >= 15 is 0 Å². The van der Waals surface area contributed by atoms with E-state index in [9.17, 15) is 14.4 Å². The van der Waals surface area contributed by atoms with Crippen LogP contribution in [0.4, 0.5) is 5.69 Å². The summed E-state index contributed by atoms with van der Waals surface area (Å²) in [6.45, 7) is 5.56. The Hall–Kier alpha value is -2.08. The minimum atomic E-state index is -0.217. The number of rotatable bonds is 4. The molecule has 6 nitrogen and oxygen atoms in total. The third kappa shape index (κ3) is 4.96. The third-order valence-electron chi connectivity index (χ3n) is 4.10. The Balaban J connectivity index is 1.76. The predicted molar refractivity (Wildman–Crippen MR) is 92.9 cm³/mol. The van der Waals surface area contributed by atoms with Gasteiger partial charge < -0.3 is 15.1 Å². The molecule has 1 aliphatic heterocycles. The van der Waals surface area contributed by atoms with Crippen molar-refractivity contribution in [2.24, 2.45) is 0 Å². The van der Waals surface area contributed by atoms with Crippen LogP contribution in [-0.2, 0) is 14.4 Å². The zero-order valence-corrected chi connectivity index (χ0v) is 14.7. The molecule has 1 aliphatic rings. The first-order chi connectivity index (χ1) is 11.4. The number of nitrogens with zero attached hydrogens (tertiary/aromatic N) is 2. The van der Waals surface area contributed by atoms with Crippen LogP contribution in [0.5, 0.6) is 0 Å². The fraction of sp³-hybridized carbons (Fsp3) is 0.471. The number of carbonyl (C=O) groups is 3. The van der Waals surface area contributed by atoms with Gasteiger partial charge >= 0.3 is 0 Å². The summed E-state index contributed by atoms with van der Waals surface area (Å²) in [5.74, 6) is -0.251. The number of carbonyl (C=O) groups excluding carboxylic acids is 3. The van der Waals surface area contributed by atoms with E-state index in [2.05, 4.69) is 5.32 Å². The summed E-state index contributed by atoms with van der Waals surface area (Å²) in [5.41, 5.74) is 1.56. The van der Waals surface area contributed by atoms with Crippen LogP contribution in [0.1, 0.15) is 25.3 Å². The van der Waals surface area contributed by atoms with Crippen LogP contribution < -0.4 is 5.32 Å². The SMILES string of the molecule is CC(=O)N1CCN(C(=O)CCC(=O)Nc2ccc(C)c(Cl)c2)CC1. The molecule has 1 fully saturated rings. The first-order valence-corrected chi connectivity index (χ1v) is 8.34. The van der Waals surface area contributed by atoms with Crippen LogP contribution in [0, 0.1) is 6.92 Å². The number of hydrogen-bond acceptors (Lipinski definition) is 3. The fourth-order valence-corrected chi connectivity index (χ4v) is 2.72. The molecule has 0 unspecified atom stereocenters. The van der Waals surface area contributed by atoms with E-state index in [4.69, 9.17) is 11.6 Å². The van der Waals surface area contributed by atoms with Crippen LogP contribution in [0.25, 0.3) is 0 Å². The number of hydrogen-bond donors (Lipinski definition) is 1. The summed E-state index contributed by atoms with van der Waals surface area (Å²) in [6.07, 6.45) is 0.281. The molecule has 2 rings (SSSR count). The van der Waals surface area contributed by atoms with E-state index in [0.717, 1.165) is 5.56 Å². The van der Waals surface area contributed by atoms with Crippen LogP contribution >= 0.6 is 11.6 Å². The van der Waals surface area contributed by atoms with E-state index in [-0.39, 0.29) is 30.6 Å². The number of halogens is 1. The maximum atomic E-state index is 12.2. The van der Waals surface area contributed by atoms with E-state index in [1.54, 1.807) is 21.9 Å². The molecule has 1 heterocycles. The summed E-state index contributed by atoms with van der Waals surface area (Å²) in [4.78, 5) is 38.8. The van der Waals surface area contributed by atoms with Gasteiger partial charge in [-0.1, -0.05) is 17.7 Å². The quantitative estimate of drug-likeness (QED) is 0.902. The minimum Gasteiger partial charge on any atom is -0.339 e. The van der Waals surface area contributed by atoms with Crippen molar-refractivity contribution in [2.45, 2.75) is 26.7 Å². The van der Waals surface area contributed by atoms with Crippen molar-refractivity contribution in [3.8, 4) is 0 Å². The lowest BCUT2D eigenvalue weighted by Gasteiger charge is -2.34. The highest BCUT2D eigenvalue weighted by atomic mass is 35.5. The second kappa shape index (κ2) is 8.15. The Morgan fingerprint density at radius 2 is 1.71 bits per heavy atom. The number of piperazine rings is 1. The van der Waals surface area contributed by atoms with Gasteiger partial charge in [0.05, 0.1) is 0 Å². The number of amides is 3. The van der Waals surface area contributed by atoms with Gasteiger partial charge in [-0.2, -0.15) is 0 Å². The number of nitrogens with one attached hydrogen (secondary N) is 1. The van der Waals surface area contributed by atoms with Gasteiger partial charge in [0.1, 0.15) is 0 Å². The molecule has 0 aromatic heterocycles. The van der Waals surface area contributed by atoms with Gasteiger partial charge in [-0.05, 0) is 24.6 Å². The van der Waals surface area contributed by atoms with E-state index in [0.29, 0.717) is 36.9 Å². The first kappa shape index (κ1) is 18.3. The van der Waals surface area contributed by atoms with Gasteiger partial charge in [-0.25, -0.2) is 0 Å². The molecule has 0 spiro atoms. The molecule has 130 valence electrons.